The fourth-order valence-electron chi connectivity index (χ4n) is 3.77. The van der Waals surface area contributed by atoms with Crippen molar-refractivity contribution in [1.82, 2.24) is 14.8 Å². The zero-order valence-electron chi connectivity index (χ0n) is 19.3. The topological polar surface area (TPSA) is 69.0 Å². The molecule has 0 bridgehead atoms. The standard InChI is InChI=1S/C29H24N4O2/c1-33-28(34)18-25(22-16-17-27(31-20-22)30-19-21-10-4-2-5-11-21)29(32-33)24-14-8-9-15-26(24)35-23-12-6-3-7-13-23/h2-18,20H,19H2,1H3,(H,30,31). The molecule has 0 saturated carbocycles. The average molecular weight is 461 g/mol. The van der Waals surface area contributed by atoms with Crippen LogP contribution in [-0.4, -0.2) is 14.8 Å². The molecule has 3 aromatic carbocycles. The molecular formula is C29H24N4O2. The number of aryl methyl sites for hydroxylation is 1. The number of nitrogens with one attached hydrogen (secondary N) is 1. The molecule has 0 saturated heterocycles. The summed E-state index contributed by atoms with van der Waals surface area (Å²) >= 11 is 0. The molecule has 0 radical (unpaired) electrons. The lowest BCUT2D eigenvalue weighted by atomic mass is 10.0. The molecule has 1 N–H and O–H groups in total. The Morgan fingerprint density at radius 1 is 0.829 bits per heavy atom. The van der Waals surface area contributed by atoms with Gasteiger partial charge >= 0.3 is 0 Å². The zero-order valence-corrected chi connectivity index (χ0v) is 19.3. The Morgan fingerprint density at radius 3 is 2.29 bits per heavy atom. The molecule has 6 nitrogen and oxygen atoms in total. The van der Waals surface area contributed by atoms with E-state index in [1.54, 1.807) is 19.3 Å². The van der Waals surface area contributed by atoms with Crippen LogP contribution < -0.4 is 15.6 Å². The van der Waals surface area contributed by atoms with Gasteiger partial charge in [0.2, 0.25) is 0 Å². The molecule has 0 aliphatic rings. The quantitative estimate of drug-likeness (QED) is 0.327. The van der Waals surface area contributed by atoms with Crippen molar-refractivity contribution in [3.05, 3.63) is 125 Å². The third-order valence-corrected chi connectivity index (χ3v) is 5.60. The number of hydrogen-bond acceptors (Lipinski definition) is 5. The van der Waals surface area contributed by atoms with E-state index in [-0.39, 0.29) is 5.56 Å². The van der Waals surface area contributed by atoms with Gasteiger partial charge in [-0.15, -0.1) is 0 Å². The second kappa shape index (κ2) is 10.1. The summed E-state index contributed by atoms with van der Waals surface area (Å²) in [6, 6.07) is 32.9. The second-order valence-electron chi connectivity index (χ2n) is 8.05. The number of rotatable bonds is 7. The van der Waals surface area contributed by atoms with Gasteiger partial charge in [0.05, 0.1) is 0 Å². The fraction of sp³-hybridized carbons (Fsp3) is 0.0690. The Labute approximate surface area is 203 Å². The molecule has 5 rings (SSSR count). The van der Waals surface area contributed by atoms with Crippen molar-refractivity contribution in [2.45, 2.75) is 6.54 Å². The Bertz CT molecular complexity index is 1480. The molecule has 6 heteroatoms. The first-order chi connectivity index (χ1) is 17.2. The van der Waals surface area contributed by atoms with Crippen LogP contribution >= 0.6 is 0 Å². The first-order valence-electron chi connectivity index (χ1n) is 11.3. The number of para-hydroxylation sites is 2. The summed E-state index contributed by atoms with van der Waals surface area (Å²) in [6.45, 7) is 0.677. The Hall–Kier alpha value is -4.71. The van der Waals surface area contributed by atoms with Gasteiger partial charge in [0.25, 0.3) is 5.56 Å². The summed E-state index contributed by atoms with van der Waals surface area (Å²) in [5.74, 6) is 2.13. The van der Waals surface area contributed by atoms with Crippen molar-refractivity contribution < 1.29 is 4.74 Å². The van der Waals surface area contributed by atoms with E-state index in [1.165, 1.54) is 10.2 Å². The molecule has 0 fully saturated rings. The van der Waals surface area contributed by atoms with Crippen LogP contribution in [0.5, 0.6) is 11.5 Å². The molecule has 0 atom stereocenters. The van der Waals surface area contributed by atoms with Crippen molar-refractivity contribution in [2.24, 2.45) is 7.05 Å². The van der Waals surface area contributed by atoms with Crippen LogP contribution in [0.2, 0.25) is 0 Å². The molecule has 2 heterocycles. The molecule has 0 aliphatic carbocycles. The van der Waals surface area contributed by atoms with Crippen LogP contribution in [0.1, 0.15) is 5.56 Å². The largest absolute Gasteiger partial charge is 0.457 e. The highest BCUT2D eigenvalue weighted by molar-refractivity contribution is 5.83. The third-order valence-electron chi connectivity index (χ3n) is 5.60. The average Bonchev–Trinajstić information content (AvgIpc) is 2.91. The van der Waals surface area contributed by atoms with Gasteiger partial charge in [-0.2, -0.15) is 5.10 Å². The monoisotopic (exact) mass is 460 g/mol. The predicted octanol–water partition coefficient (Wildman–Crippen LogP) is 5.91. The van der Waals surface area contributed by atoms with Gasteiger partial charge < -0.3 is 10.1 Å². The van der Waals surface area contributed by atoms with Gasteiger partial charge in [0.15, 0.2) is 0 Å². The maximum atomic E-state index is 12.5. The molecule has 0 aliphatic heterocycles. The van der Waals surface area contributed by atoms with Crippen LogP contribution in [0.25, 0.3) is 22.4 Å². The highest BCUT2D eigenvalue weighted by Crippen LogP contribution is 2.37. The van der Waals surface area contributed by atoms with Gasteiger partial charge in [0.1, 0.15) is 23.0 Å². The number of aromatic nitrogens is 3. The first-order valence-corrected chi connectivity index (χ1v) is 11.3. The number of benzene rings is 3. The maximum absolute atomic E-state index is 12.5. The number of pyridine rings is 1. The van der Waals surface area contributed by atoms with Crippen LogP contribution in [0.4, 0.5) is 5.82 Å². The number of nitrogens with zero attached hydrogens (tertiary/aromatic N) is 3. The Kier molecular flexibility index (Phi) is 6.35. The summed E-state index contributed by atoms with van der Waals surface area (Å²) < 4.78 is 7.50. The van der Waals surface area contributed by atoms with E-state index in [1.807, 2.05) is 84.9 Å². The van der Waals surface area contributed by atoms with E-state index < -0.39 is 0 Å². The minimum atomic E-state index is -0.198. The van der Waals surface area contributed by atoms with Gasteiger partial charge in [-0.1, -0.05) is 60.7 Å². The molecule has 5 aromatic rings. The normalized spacial score (nSPS) is 10.7. The molecule has 0 spiro atoms. The zero-order chi connectivity index (χ0) is 24.0. The third kappa shape index (κ3) is 5.12. The SMILES string of the molecule is Cn1nc(-c2ccccc2Oc2ccccc2)c(-c2ccc(NCc3ccccc3)nc2)cc1=O. The minimum Gasteiger partial charge on any atom is -0.457 e. The van der Waals surface area contributed by atoms with E-state index in [0.717, 1.165) is 22.7 Å². The molecule has 2 aromatic heterocycles. The first kappa shape index (κ1) is 22.1. The number of ether oxygens (including phenoxy) is 1. The van der Waals surface area contributed by atoms with Crippen LogP contribution in [0.15, 0.2) is 114 Å². The van der Waals surface area contributed by atoms with E-state index in [2.05, 4.69) is 27.5 Å². The minimum absolute atomic E-state index is 0.198. The van der Waals surface area contributed by atoms with Gasteiger partial charge in [-0.3, -0.25) is 4.79 Å². The summed E-state index contributed by atoms with van der Waals surface area (Å²) in [4.78, 5) is 17.1. The number of anilines is 1. The summed E-state index contributed by atoms with van der Waals surface area (Å²) in [5, 5.41) is 7.93. The van der Waals surface area contributed by atoms with Gasteiger partial charge in [-0.05, 0) is 42.0 Å². The second-order valence-corrected chi connectivity index (χ2v) is 8.05. The van der Waals surface area contributed by atoms with E-state index >= 15 is 0 Å². The van der Waals surface area contributed by atoms with Crippen molar-refractivity contribution in [1.29, 1.82) is 0 Å². The molecule has 172 valence electrons. The lowest BCUT2D eigenvalue weighted by Gasteiger charge is -2.15. The van der Waals surface area contributed by atoms with Crippen molar-refractivity contribution in [3.63, 3.8) is 0 Å². The molecule has 0 unspecified atom stereocenters. The lowest BCUT2D eigenvalue weighted by molar-refractivity contribution is 0.484. The Balaban J connectivity index is 1.49. The van der Waals surface area contributed by atoms with Crippen LogP contribution in [0.3, 0.4) is 0 Å². The molecule has 0 amide bonds. The lowest BCUT2D eigenvalue weighted by Crippen LogP contribution is -2.19. The van der Waals surface area contributed by atoms with Crippen molar-refractivity contribution >= 4 is 5.82 Å². The van der Waals surface area contributed by atoms with E-state index in [0.29, 0.717) is 23.6 Å². The van der Waals surface area contributed by atoms with Crippen molar-refractivity contribution in [2.75, 3.05) is 5.32 Å². The number of hydrogen-bond donors (Lipinski definition) is 1. The summed E-state index contributed by atoms with van der Waals surface area (Å²) in [7, 11) is 1.64. The van der Waals surface area contributed by atoms with Crippen LogP contribution in [-0.2, 0) is 13.6 Å². The summed E-state index contributed by atoms with van der Waals surface area (Å²) in [5.41, 5.74) is 3.89. The predicted molar refractivity (Wildman–Crippen MR) is 138 cm³/mol. The Morgan fingerprint density at radius 2 is 1.54 bits per heavy atom. The summed E-state index contributed by atoms with van der Waals surface area (Å²) in [6.07, 6.45) is 1.76. The van der Waals surface area contributed by atoms with E-state index in [9.17, 15) is 4.79 Å². The smallest absolute Gasteiger partial charge is 0.267 e. The van der Waals surface area contributed by atoms with Gasteiger partial charge in [-0.25, -0.2) is 9.67 Å². The highest BCUT2D eigenvalue weighted by atomic mass is 16.5. The van der Waals surface area contributed by atoms with Crippen molar-refractivity contribution in [3.8, 4) is 33.9 Å². The highest BCUT2D eigenvalue weighted by Gasteiger charge is 2.17. The molecular weight excluding hydrogens is 436 g/mol. The fourth-order valence-corrected chi connectivity index (χ4v) is 3.77. The van der Waals surface area contributed by atoms with Crippen LogP contribution in [0, 0.1) is 0 Å². The molecule has 35 heavy (non-hydrogen) atoms. The van der Waals surface area contributed by atoms with E-state index in [4.69, 9.17) is 4.74 Å². The van der Waals surface area contributed by atoms with Gasteiger partial charge in [0, 0.05) is 42.5 Å². The maximum Gasteiger partial charge on any atom is 0.267 e.